The molecule has 3 heteroatoms. The van der Waals surface area contributed by atoms with Gasteiger partial charge in [0.15, 0.2) is 0 Å². The third-order valence-electron chi connectivity index (χ3n) is 9.86. The maximum atomic E-state index is 6.78. The fraction of sp³-hybridized carbons (Fsp3) is 1.00. The van der Waals surface area contributed by atoms with Gasteiger partial charge in [-0.25, -0.2) is 0 Å². The van der Waals surface area contributed by atoms with Gasteiger partial charge in [0.25, 0.3) is 0 Å². The fourth-order valence-electron chi connectivity index (χ4n) is 8.88. The minimum Gasteiger partial charge on any atom is -1.00 e. The molecule has 0 aliphatic carbocycles. The van der Waals surface area contributed by atoms with Crippen molar-refractivity contribution in [3.05, 3.63) is 0 Å². The summed E-state index contributed by atoms with van der Waals surface area (Å²) in [7, 11) is 0. The molecule has 0 bridgehead atoms. The zero-order valence-corrected chi connectivity index (χ0v) is 40.7. The molecule has 0 radical (unpaired) electrons. The van der Waals surface area contributed by atoms with Crippen LogP contribution < -0.4 is 0 Å². The van der Waals surface area contributed by atoms with E-state index in [1.54, 1.807) is 0 Å². The van der Waals surface area contributed by atoms with Crippen molar-refractivity contribution in [3.63, 3.8) is 0 Å². The maximum absolute atomic E-state index is 6.78. The van der Waals surface area contributed by atoms with Crippen LogP contribution in [0.2, 0.25) is 0 Å². The van der Waals surface area contributed by atoms with Crippen LogP contribution in [0.4, 0.5) is 0 Å². The van der Waals surface area contributed by atoms with Gasteiger partial charge in [0.2, 0.25) is 0 Å². The van der Waals surface area contributed by atoms with E-state index in [0.717, 1.165) is 47.3 Å². The molecule has 8 unspecified atom stereocenters. The Kier molecular flexibility index (Phi) is 35.0. The van der Waals surface area contributed by atoms with E-state index in [1.165, 1.54) is 77.0 Å². The Morgan fingerprint density at radius 2 is 0.373 bits per heavy atom. The van der Waals surface area contributed by atoms with Crippen LogP contribution in [0.25, 0.3) is 0 Å². The summed E-state index contributed by atoms with van der Waals surface area (Å²) in [5.41, 5.74) is 0. The number of rotatable bonds is 28. The van der Waals surface area contributed by atoms with Crippen molar-refractivity contribution in [2.24, 2.45) is 71.0 Å². The van der Waals surface area contributed by atoms with Crippen LogP contribution in [-0.2, 0) is 9.47 Å². The number of hydrogen-bond acceptors (Lipinski definition) is 2. The van der Waals surface area contributed by atoms with Gasteiger partial charge in [0.05, 0.1) is 24.4 Å². The molecule has 0 aliphatic rings. The molecule has 0 aliphatic heterocycles. The van der Waals surface area contributed by atoms with E-state index in [1.807, 2.05) is 0 Å². The van der Waals surface area contributed by atoms with Crippen molar-refractivity contribution < 1.29 is 12.3 Å². The number of hydrogen-bond donors (Lipinski definition) is 0. The summed E-state index contributed by atoms with van der Waals surface area (Å²) in [5, 5.41) is 0. The molecule has 308 valence electrons. The third-order valence-corrected chi connectivity index (χ3v) is 9.86. The monoisotopic (exact) mass is 735 g/mol. The molecule has 0 heterocycles. The van der Waals surface area contributed by atoms with Crippen LogP contribution in [0, 0.1) is 71.0 Å². The first-order valence-electron chi connectivity index (χ1n) is 22.3. The van der Waals surface area contributed by atoms with E-state index in [2.05, 4.69) is 138 Å². The van der Waals surface area contributed by atoms with Crippen molar-refractivity contribution in [3.8, 4) is 0 Å². The summed E-state index contributed by atoms with van der Waals surface area (Å²) >= 11 is 0. The van der Waals surface area contributed by atoms with Crippen LogP contribution in [-0.4, -0.2) is 47.5 Å². The molecule has 0 N–H and O–H groups in total. The predicted molar refractivity (Wildman–Crippen MR) is 236 cm³/mol. The average molecular weight is 736 g/mol. The Hall–Kier alpha value is 0.686. The molecule has 0 aromatic carbocycles. The van der Waals surface area contributed by atoms with Crippen molar-refractivity contribution in [1.29, 1.82) is 0 Å². The summed E-state index contributed by atoms with van der Waals surface area (Å²) < 4.78 is 13.6. The Morgan fingerprint density at radius 3 is 0.490 bits per heavy atom. The molecule has 8 atom stereocenters. The van der Waals surface area contributed by atoms with Crippen molar-refractivity contribution in [1.82, 2.24) is 0 Å². The minimum atomic E-state index is 0. The van der Waals surface area contributed by atoms with E-state index in [-0.39, 0.29) is 25.9 Å². The quantitative estimate of drug-likeness (QED) is 0.0745. The van der Waals surface area contributed by atoms with Crippen LogP contribution in [0.5, 0.6) is 0 Å². The van der Waals surface area contributed by atoms with Gasteiger partial charge < -0.3 is 12.3 Å². The Labute approximate surface area is 344 Å². The molecule has 0 saturated carbocycles. The molecule has 51 heavy (non-hydrogen) atoms. The second-order valence-corrected chi connectivity index (χ2v) is 21.2. The standard InChI is InChI=1S/2C24H50O.Mg.2H/c2*1-17(2)11-21(9)15-23(13-19(5)6)25-24(14-20(7)8)16-22(10)12-18(3)4;;;/h2*17-24H,11-16H2,1-10H3;;;/q;;+2;2*-1. The third kappa shape index (κ3) is 37.4. The van der Waals surface area contributed by atoms with E-state index in [4.69, 9.17) is 9.47 Å². The summed E-state index contributed by atoms with van der Waals surface area (Å²) in [5.74, 6) is 9.03. The van der Waals surface area contributed by atoms with E-state index >= 15 is 0 Å². The number of ether oxygens (including phenoxy) is 2. The molecule has 0 aromatic heterocycles. The second-order valence-electron chi connectivity index (χ2n) is 21.2. The van der Waals surface area contributed by atoms with Crippen LogP contribution in [0.1, 0.15) is 218 Å². The fourth-order valence-corrected chi connectivity index (χ4v) is 8.88. The van der Waals surface area contributed by atoms with Gasteiger partial charge in [0, 0.05) is 0 Å². The van der Waals surface area contributed by atoms with Crippen molar-refractivity contribution in [2.75, 3.05) is 0 Å². The summed E-state index contributed by atoms with van der Waals surface area (Å²) in [6, 6.07) is 0. The van der Waals surface area contributed by atoms with Gasteiger partial charge in [-0.15, -0.1) is 0 Å². The Bertz CT molecular complexity index is 632. The van der Waals surface area contributed by atoms with Crippen molar-refractivity contribution >= 4 is 23.1 Å². The summed E-state index contributed by atoms with van der Waals surface area (Å²) in [4.78, 5) is 0. The summed E-state index contributed by atoms with van der Waals surface area (Å²) in [6.07, 6.45) is 16.7. The Balaban J connectivity index is -0.000000274. The summed E-state index contributed by atoms with van der Waals surface area (Å²) in [6.45, 7) is 47.0. The van der Waals surface area contributed by atoms with E-state index in [0.29, 0.717) is 48.1 Å². The molecule has 0 rings (SSSR count). The molecular weight excluding hydrogens is 633 g/mol. The molecule has 0 spiro atoms. The van der Waals surface area contributed by atoms with Gasteiger partial charge >= 0.3 is 23.1 Å². The van der Waals surface area contributed by atoms with E-state index in [9.17, 15) is 0 Å². The molecule has 0 saturated heterocycles. The van der Waals surface area contributed by atoms with Crippen LogP contribution >= 0.6 is 0 Å². The molecule has 0 aromatic rings. The van der Waals surface area contributed by atoms with E-state index < -0.39 is 0 Å². The smallest absolute Gasteiger partial charge is 1.00 e. The van der Waals surface area contributed by atoms with Gasteiger partial charge in [-0.1, -0.05) is 138 Å². The average Bonchev–Trinajstić information content (AvgIpc) is 2.85. The molecule has 2 nitrogen and oxygen atoms in total. The van der Waals surface area contributed by atoms with Gasteiger partial charge in [-0.3, -0.25) is 0 Å². The largest absolute Gasteiger partial charge is 2.00 e. The first-order valence-corrected chi connectivity index (χ1v) is 22.3. The minimum absolute atomic E-state index is 0. The van der Waals surface area contributed by atoms with Crippen LogP contribution in [0.15, 0.2) is 0 Å². The first-order chi connectivity index (χ1) is 23.0. The predicted octanol–water partition coefficient (Wildman–Crippen LogP) is 15.8. The SMILES string of the molecule is CC(C)CC(C)CC(CC(C)C)OC(CC(C)C)CC(C)CC(C)C.CC(C)CC(C)CC(CC(C)C)OC(CC(C)C)CC(C)CC(C)C.[H-].[H-].[Mg+2]. The van der Waals surface area contributed by atoms with Gasteiger partial charge in [-0.05, 0) is 148 Å². The Morgan fingerprint density at radius 1 is 0.235 bits per heavy atom. The van der Waals surface area contributed by atoms with Gasteiger partial charge in [-0.2, -0.15) is 0 Å². The topological polar surface area (TPSA) is 18.5 Å². The first kappa shape index (κ1) is 56.0. The maximum Gasteiger partial charge on any atom is 2.00 e. The van der Waals surface area contributed by atoms with Gasteiger partial charge in [0.1, 0.15) is 0 Å². The zero-order chi connectivity index (χ0) is 39.1. The molecular formula is C48H102MgO2. The normalized spacial score (nSPS) is 17.2. The molecule has 0 amide bonds. The van der Waals surface area contributed by atoms with Crippen LogP contribution in [0.3, 0.4) is 0 Å². The molecule has 0 fully saturated rings. The second kappa shape index (κ2) is 31.8. The van der Waals surface area contributed by atoms with Crippen molar-refractivity contribution in [2.45, 2.75) is 240 Å². The zero-order valence-electron chi connectivity index (χ0n) is 41.2.